The highest BCUT2D eigenvalue weighted by Crippen LogP contribution is 2.54. The van der Waals surface area contributed by atoms with Crippen molar-refractivity contribution in [1.82, 2.24) is 24.6 Å². The Morgan fingerprint density at radius 1 is 0.969 bits per heavy atom. The summed E-state index contributed by atoms with van der Waals surface area (Å²) in [6, 6.07) is 19.6. The van der Waals surface area contributed by atoms with Crippen molar-refractivity contribution < 1.29 is 27.6 Å². The third-order valence-corrected chi connectivity index (χ3v) is 15.7. The van der Waals surface area contributed by atoms with Crippen molar-refractivity contribution in [3.05, 3.63) is 106 Å². The number of anilines is 2. The van der Waals surface area contributed by atoms with Gasteiger partial charge in [0.05, 0.1) is 42.1 Å². The first-order valence-corrected chi connectivity index (χ1v) is 24.1. The smallest absolute Gasteiger partial charge is 0.312 e. The van der Waals surface area contributed by atoms with Gasteiger partial charge in [-0.25, -0.2) is 23.1 Å². The lowest BCUT2D eigenvalue weighted by Crippen LogP contribution is -2.58. The zero-order valence-electron chi connectivity index (χ0n) is 35.8. The summed E-state index contributed by atoms with van der Waals surface area (Å²) in [5.41, 5.74) is 10.2. The largest absolute Gasteiger partial charge is 0.455 e. The Balaban J connectivity index is 0.838. The molecule has 2 saturated heterocycles. The maximum atomic E-state index is 14.0. The lowest BCUT2D eigenvalue weighted by molar-refractivity contribution is -0.384. The topological polar surface area (TPSA) is 211 Å². The van der Waals surface area contributed by atoms with Gasteiger partial charge in [-0.3, -0.25) is 19.8 Å². The molecule has 16 nitrogen and oxygen atoms in total. The van der Waals surface area contributed by atoms with Crippen LogP contribution in [0.4, 0.5) is 17.2 Å². The molecule has 5 aliphatic rings. The van der Waals surface area contributed by atoms with Crippen molar-refractivity contribution in [2.24, 2.45) is 17.1 Å². The van der Waals surface area contributed by atoms with Crippen molar-refractivity contribution in [3.63, 3.8) is 0 Å². The molecule has 0 bridgehead atoms. The molecule has 336 valence electrons. The normalized spacial score (nSPS) is 22.8. The number of amides is 1. The Morgan fingerprint density at radius 3 is 2.52 bits per heavy atom. The summed E-state index contributed by atoms with van der Waals surface area (Å²) in [6.45, 7) is 4.54. The number of nitro groups is 1. The Bertz CT molecular complexity index is 2650. The molecule has 5 aromatic rings. The van der Waals surface area contributed by atoms with Gasteiger partial charge in [-0.2, -0.15) is 0 Å². The standard InChI is InChI=1S/C47H55N9O7S/c48-33-9-5-30(6-10-33)26-50-45-41(56(58)59)23-37(28-52-45)64(60,61)53-46(57)40-12-11-34(22-43(40)63-36-21-32-13-16-49-44(32)51-27-36)54-17-14-47(15-18-54)24-35(25-47)55-19-20-62-29-42(55)39-4-2-1-3-38(39)31-7-8-31/h1-4,11-13,16,21-23,27-28,30-31,33,35,42H,5-10,14-15,17-20,24-26,29,48H2,(H,49,51)(H,50,52)(H,53,57)/t30?,33?,42-/m0/s1. The lowest BCUT2D eigenvalue weighted by Gasteiger charge is -2.57. The van der Waals surface area contributed by atoms with Gasteiger partial charge in [0, 0.05) is 67.7 Å². The highest BCUT2D eigenvalue weighted by molar-refractivity contribution is 7.90. The molecule has 5 N–H and O–H groups in total. The van der Waals surface area contributed by atoms with Crippen LogP contribution in [-0.4, -0.2) is 90.6 Å². The number of piperidine rings is 1. The predicted octanol–water partition coefficient (Wildman–Crippen LogP) is 7.41. The fourth-order valence-corrected chi connectivity index (χ4v) is 11.5. The van der Waals surface area contributed by atoms with Crippen LogP contribution in [0.1, 0.15) is 97.7 Å². The van der Waals surface area contributed by atoms with Gasteiger partial charge >= 0.3 is 5.69 Å². The van der Waals surface area contributed by atoms with E-state index in [0.717, 1.165) is 108 Å². The Hall–Kier alpha value is -5.62. The van der Waals surface area contributed by atoms with E-state index >= 15 is 0 Å². The molecule has 1 amide bonds. The first-order valence-electron chi connectivity index (χ1n) is 22.6. The number of nitrogens with one attached hydrogen (secondary N) is 3. The number of benzene rings is 2. The third-order valence-electron chi connectivity index (χ3n) is 14.4. The minimum Gasteiger partial charge on any atom is -0.455 e. The molecule has 3 saturated carbocycles. The number of hydrogen-bond acceptors (Lipinski definition) is 13. The summed E-state index contributed by atoms with van der Waals surface area (Å²) < 4.78 is 41.9. The summed E-state index contributed by atoms with van der Waals surface area (Å²) in [4.78, 5) is 41.5. The van der Waals surface area contributed by atoms with Crippen LogP contribution in [0.3, 0.4) is 0 Å². The molecule has 17 heteroatoms. The lowest BCUT2D eigenvalue weighted by atomic mass is 9.59. The number of aromatic nitrogens is 3. The molecule has 1 spiro atoms. The number of nitrogens with zero attached hydrogens (tertiary/aromatic N) is 5. The fourth-order valence-electron chi connectivity index (χ4n) is 10.5. The van der Waals surface area contributed by atoms with E-state index in [0.29, 0.717) is 35.9 Å². The molecule has 0 unspecified atom stereocenters. The molecule has 2 aromatic carbocycles. The van der Waals surface area contributed by atoms with Gasteiger partial charge in [-0.15, -0.1) is 0 Å². The number of nitrogens with two attached hydrogens (primary N) is 1. The van der Waals surface area contributed by atoms with Crippen LogP contribution in [0.25, 0.3) is 11.0 Å². The number of fused-ring (bicyclic) bond motifs is 1. The summed E-state index contributed by atoms with van der Waals surface area (Å²) in [5, 5.41) is 15.9. The maximum Gasteiger partial charge on any atom is 0.312 e. The summed E-state index contributed by atoms with van der Waals surface area (Å²) in [6.07, 6.45) is 14.8. The quantitative estimate of drug-likeness (QED) is 0.0671. The molecular weight excluding hydrogens is 835 g/mol. The zero-order chi connectivity index (χ0) is 44.0. The average molecular weight is 890 g/mol. The number of sulfonamides is 1. The number of ether oxygens (including phenoxy) is 2. The van der Waals surface area contributed by atoms with Crippen LogP contribution < -0.4 is 25.4 Å². The van der Waals surface area contributed by atoms with Crippen LogP contribution in [0.5, 0.6) is 11.5 Å². The summed E-state index contributed by atoms with van der Waals surface area (Å²) >= 11 is 0. The summed E-state index contributed by atoms with van der Waals surface area (Å²) in [7, 11) is -4.61. The molecular formula is C47H55N9O7S. The zero-order valence-corrected chi connectivity index (χ0v) is 36.6. The molecule has 0 radical (unpaired) electrons. The molecule has 64 heavy (non-hydrogen) atoms. The number of hydrogen-bond donors (Lipinski definition) is 4. The van der Waals surface area contributed by atoms with Gasteiger partial charge in [-0.1, -0.05) is 24.3 Å². The number of rotatable bonds is 13. The highest BCUT2D eigenvalue weighted by atomic mass is 32.2. The Morgan fingerprint density at radius 2 is 1.75 bits per heavy atom. The van der Waals surface area contributed by atoms with E-state index in [2.05, 4.69) is 59.1 Å². The number of aromatic amines is 1. The van der Waals surface area contributed by atoms with Crippen LogP contribution in [0, 0.1) is 21.4 Å². The number of pyridine rings is 2. The van der Waals surface area contributed by atoms with E-state index in [1.54, 1.807) is 24.4 Å². The third kappa shape index (κ3) is 8.77. The van der Waals surface area contributed by atoms with E-state index in [-0.39, 0.29) is 34.5 Å². The van der Waals surface area contributed by atoms with E-state index in [1.165, 1.54) is 30.2 Å². The molecule has 3 aromatic heterocycles. The maximum absolute atomic E-state index is 14.0. The first kappa shape index (κ1) is 42.3. The molecule has 5 fully saturated rings. The van der Waals surface area contributed by atoms with Crippen LogP contribution in [0.2, 0.25) is 0 Å². The highest BCUT2D eigenvalue weighted by Gasteiger charge is 2.50. The molecule has 5 heterocycles. The number of carbonyl (C=O) groups is 1. The Labute approximate surface area is 372 Å². The molecule has 3 aliphatic carbocycles. The SMILES string of the molecule is NC1CCC(CNc2ncc(S(=O)(=O)NC(=O)c3ccc(N4CCC5(CC4)CC(N4CCOC[C@H]4c4ccccc4C4CC4)C5)cc3Oc3cnc4[nH]ccc4c3)cc2[N+](=O)[O-])CC1. The minimum absolute atomic E-state index is 0.0342. The predicted molar refractivity (Wildman–Crippen MR) is 242 cm³/mol. The van der Waals surface area contributed by atoms with Gasteiger partial charge in [0.1, 0.15) is 22.0 Å². The van der Waals surface area contributed by atoms with E-state index in [9.17, 15) is 23.3 Å². The Kier molecular flexibility index (Phi) is 11.5. The van der Waals surface area contributed by atoms with Crippen molar-refractivity contribution in [2.75, 3.05) is 49.6 Å². The van der Waals surface area contributed by atoms with Crippen LogP contribution >= 0.6 is 0 Å². The number of carbonyl (C=O) groups excluding carboxylic acids is 1. The fraction of sp³-hybridized carbons (Fsp3) is 0.468. The van der Waals surface area contributed by atoms with Crippen LogP contribution in [0.15, 0.2) is 84.1 Å². The van der Waals surface area contributed by atoms with E-state index in [1.807, 2.05) is 12.1 Å². The number of morpholine rings is 1. The van der Waals surface area contributed by atoms with E-state index in [4.69, 9.17) is 15.2 Å². The van der Waals surface area contributed by atoms with Gasteiger partial charge < -0.3 is 30.4 Å². The first-order chi connectivity index (χ1) is 31.0. The second-order valence-electron chi connectivity index (χ2n) is 18.5. The molecule has 10 rings (SSSR count). The average Bonchev–Trinajstić information content (AvgIpc) is 4.04. The van der Waals surface area contributed by atoms with Crippen molar-refractivity contribution in [2.45, 2.75) is 93.1 Å². The van der Waals surface area contributed by atoms with Crippen molar-refractivity contribution in [1.29, 1.82) is 0 Å². The van der Waals surface area contributed by atoms with Crippen LogP contribution in [-0.2, 0) is 14.8 Å². The minimum atomic E-state index is -4.61. The monoisotopic (exact) mass is 889 g/mol. The second kappa shape index (κ2) is 17.4. The van der Waals surface area contributed by atoms with Gasteiger partial charge in [0.2, 0.25) is 5.82 Å². The van der Waals surface area contributed by atoms with Gasteiger partial charge in [-0.05, 0) is 117 Å². The van der Waals surface area contributed by atoms with Gasteiger partial charge in [0.25, 0.3) is 15.9 Å². The van der Waals surface area contributed by atoms with Crippen molar-refractivity contribution >= 4 is 44.2 Å². The van der Waals surface area contributed by atoms with Gasteiger partial charge in [0.15, 0.2) is 0 Å². The summed E-state index contributed by atoms with van der Waals surface area (Å²) in [5.74, 6) is 0.454. The van der Waals surface area contributed by atoms with Crippen molar-refractivity contribution in [3.8, 4) is 11.5 Å². The number of H-pyrrole nitrogens is 1. The molecule has 2 aliphatic heterocycles. The molecule has 1 atom stereocenters. The second-order valence-corrected chi connectivity index (χ2v) is 20.2. The van der Waals surface area contributed by atoms with E-state index < -0.39 is 31.4 Å².